The van der Waals surface area contributed by atoms with Gasteiger partial charge in [0.15, 0.2) is 23.0 Å². The molecule has 0 spiro atoms. The van der Waals surface area contributed by atoms with E-state index in [1.54, 1.807) is 31.6 Å². The zero-order valence-electron chi connectivity index (χ0n) is 16.7. The lowest BCUT2D eigenvalue weighted by atomic mass is 10.2. The largest absolute Gasteiger partial charge is 0.493 e. The maximum absolute atomic E-state index is 12.4. The van der Waals surface area contributed by atoms with Crippen LogP contribution in [0.3, 0.4) is 0 Å². The SMILES string of the molecule is COc1cc(CNC(=O)c2cc(-c3cccnc3)on2)ccc1OCC1CCCO1. The highest BCUT2D eigenvalue weighted by Gasteiger charge is 2.18. The number of amides is 1. The first-order valence-electron chi connectivity index (χ1n) is 9.79. The number of hydrogen-bond donors (Lipinski definition) is 1. The van der Waals surface area contributed by atoms with Crippen LogP contribution in [0.5, 0.6) is 11.5 Å². The van der Waals surface area contributed by atoms with Crippen LogP contribution >= 0.6 is 0 Å². The Labute approximate surface area is 174 Å². The number of carbonyl (C=O) groups is 1. The first-order chi connectivity index (χ1) is 14.7. The van der Waals surface area contributed by atoms with Crippen molar-refractivity contribution in [2.75, 3.05) is 20.3 Å². The first-order valence-corrected chi connectivity index (χ1v) is 9.79. The Hall–Kier alpha value is -3.39. The van der Waals surface area contributed by atoms with Gasteiger partial charge in [0.2, 0.25) is 0 Å². The van der Waals surface area contributed by atoms with Crippen molar-refractivity contribution in [2.24, 2.45) is 0 Å². The van der Waals surface area contributed by atoms with Crippen LogP contribution in [0.1, 0.15) is 28.9 Å². The van der Waals surface area contributed by atoms with Crippen molar-refractivity contribution in [1.82, 2.24) is 15.5 Å². The van der Waals surface area contributed by atoms with Gasteiger partial charge in [-0.15, -0.1) is 0 Å². The zero-order chi connectivity index (χ0) is 20.8. The minimum absolute atomic E-state index is 0.132. The minimum atomic E-state index is -0.327. The third-order valence-electron chi connectivity index (χ3n) is 4.82. The van der Waals surface area contributed by atoms with Crippen molar-refractivity contribution in [3.05, 3.63) is 60.0 Å². The summed E-state index contributed by atoms with van der Waals surface area (Å²) in [5, 5.41) is 6.68. The molecule has 1 saturated heterocycles. The van der Waals surface area contributed by atoms with Gasteiger partial charge in [0.05, 0.1) is 13.2 Å². The van der Waals surface area contributed by atoms with Crippen molar-refractivity contribution in [3.63, 3.8) is 0 Å². The molecule has 3 aromatic rings. The second-order valence-corrected chi connectivity index (χ2v) is 6.93. The number of benzene rings is 1. The Morgan fingerprint density at radius 2 is 2.20 bits per heavy atom. The normalized spacial score (nSPS) is 15.7. The minimum Gasteiger partial charge on any atom is -0.493 e. The van der Waals surface area contributed by atoms with Gasteiger partial charge in [-0.25, -0.2) is 0 Å². The molecule has 1 aliphatic heterocycles. The molecule has 0 radical (unpaired) electrons. The molecular weight excluding hydrogens is 386 g/mol. The Balaban J connectivity index is 1.35. The maximum atomic E-state index is 12.4. The highest BCUT2D eigenvalue weighted by molar-refractivity contribution is 5.93. The summed E-state index contributed by atoms with van der Waals surface area (Å²) in [7, 11) is 1.59. The molecule has 3 heterocycles. The van der Waals surface area contributed by atoms with Crippen LogP contribution in [-0.2, 0) is 11.3 Å². The molecule has 1 unspecified atom stereocenters. The second kappa shape index (κ2) is 9.41. The van der Waals surface area contributed by atoms with Gasteiger partial charge < -0.3 is 24.1 Å². The molecule has 1 aliphatic rings. The van der Waals surface area contributed by atoms with E-state index in [0.29, 0.717) is 30.4 Å². The summed E-state index contributed by atoms with van der Waals surface area (Å²) in [5.41, 5.74) is 1.84. The van der Waals surface area contributed by atoms with E-state index >= 15 is 0 Å². The fraction of sp³-hybridized carbons (Fsp3) is 0.318. The molecule has 1 amide bonds. The van der Waals surface area contributed by atoms with E-state index in [9.17, 15) is 4.79 Å². The molecule has 0 aliphatic carbocycles. The number of nitrogens with one attached hydrogen (secondary N) is 1. The number of aromatic nitrogens is 2. The predicted molar refractivity (Wildman–Crippen MR) is 108 cm³/mol. The molecule has 30 heavy (non-hydrogen) atoms. The summed E-state index contributed by atoms with van der Waals surface area (Å²) in [6.45, 7) is 1.60. The average Bonchev–Trinajstić information content (AvgIpc) is 3.49. The molecule has 8 nitrogen and oxygen atoms in total. The van der Waals surface area contributed by atoms with Crippen LogP contribution < -0.4 is 14.8 Å². The van der Waals surface area contributed by atoms with Crippen molar-refractivity contribution >= 4 is 5.91 Å². The summed E-state index contributed by atoms with van der Waals surface area (Å²) in [6, 6.07) is 10.8. The van der Waals surface area contributed by atoms with Crippen LogP contribution in [0.25, 0.3) is 11.3 Å². The second-order valence-electron chi connectivity index (χ2n) is 6.93. The quantitative estimate of drug-likeness (QED) is 0.610. The molecule has 4 rings (SSSR count). The maximum Gasteiger partial charge on any atom is 0.273 e. The van der Waals surface area contributed by atoms with E-state index in [0.717, 1.165) is 30.6 Å². The smallest absolute Gasteiger partial charge is 0.273 e. The number of nitrogens with zero attached hydrogens (tertiary/aromatic N) is 2. The molecule has 1 fully saturated rings. The van der Waals surface area contributed by atoms with E-state index in [4.69, 9.17) is 18.7 Å². The molecule has 0 saturated carbocycles. The standard InChI is InChI=1S/C22H23N3O5/c1-27-21-10-15(6-7-19(21)29-14-17-5-3-9-28-17)12-24-22(26)18-11-20(30-25-18)16-4-2-8-23-13-16/h2,4,6-8,10-11,13,17H,3,5,9,12,14H2,1H3,(H,24,26). The summed E-state index contributed by atoms with van der Waals surface area (Å²) < 4.78 is 22.1. The van der Waals surface area contributed by atoms with E-state index in [-0.39, 0.29) is 17.7 Å². The van der Waals surface area contributed by atoms with Crippen LogP contribution in [0.2, 0.25) is 0 Å². The fourth-order valence-corrected chi connectivity index (χ4v) is 3.20. The van der Waals surface area contributed by atoms with E-state index in [1.807, 2.05) is 24.3 Å². The molecular formula is C22H23N3O5. The van der Waals surface area contributed by atoms with Crippen LogP contribution in [-0.4, -0.2) is 42.5 Å². The highest BCUT2D eigenvalue weighted by atomic mass is 16.5. The number of ether oxygens (including phenoxy) is 3. The van der Waals surface area contributed by atoms with Gasteiger partial charge in [-0.05, 0) is 42.7 Å². The van der Waals surface area contributed by atoms with E-state index in [2.05, 4.69) is 15.5 Å². The molecule has 8 heteroatoms. The third-order valence-corrected chi connectivity index (χ3v) is 4.82. The number of pyridine rings is 1. The number of carbonyl (C=O) groups excluding carboxylic acids is 1. The molecule has 1 N–H and O–H groups in total. The van der Waals surface area contributed by atoms with Crippen LogP contribution in [0.4, 0.5) is 0 Å². The lowest BCUT2D eigenvalue weighted by Gasteiger charge is -2.15. The van der Waals surface area contributed by atoms with E-state index < -0.39 is 0 Å². The fourth-order valence-electron chi connectivity index (χ4n) is 3.20. The molecule has 2 aromatic heterocycles. The van der Waals surface area contributed by atoms with Crippen LogP contribution in [0.15, 0.2) is 53.3 Å². The van der Waals surface area contributed by atoms with Gasteiger partial charge in [-0.1, -0.05) is 11.2 Å². The van der Waals surface area contributed by atoms with Crippen molar-refractivity contribution in [1.29, 1.82) is 0 Å². The summed E-state index contributed by atoms with van der Waals surface area (Å²) in [4.78, 5) is 16.4. The molecule has 0 bridgehead atoms. The van der Waals surface area contributed by atoms with Gasteiger partial charge in [0.25, 0.3) is 5.91 Å². The summed E-state index contributed by atoms with van der Waals surface area (Å²) in [6.07, 6.45) is 5.53. The van der Waals surface area contributed by atoms with Crippen molar-refractivity contribution in [2.45, 2.75) is 25.5 Å². The Kier molecular flexibility index (Phi) is 6.24. The topological polar surface area (TPSA) is 95.7 Å². The van der Waals surface area contributed by atoms with E-state index in [1.165, 1.54) is 0 Å². The number of methoxy groups -OCH3 is 1. The van der Waals surface area contributed by atoms with Gasteiger partial charge in [0, 0.05) is 37.2 Å². The van der Waals surface area contributed by atoms with Gasteiger partial charge >= 0.3 is 0 Å². The molecule has 1 aromatic carbocycles. The third kappa shape index (κ3) is 4.77. The average molecular weight is 409 g/mol. The van der Waals surface area contributed by atoms with Crippen molar-refractivity contribution in [3.8, 4) is 22.8 Å². The summed E-state index contributed by atoms with van der Waals surface area (Å²) >= 11 is 0. The number of hydrogen-bond acceptors (Lipinski definition) is 7. The van der Waals surface area contributed by atoms with Gasteiger partial charge in [-0.3, -0.25) is 9.78 Å². The summed E-state index contributed by atoms with van der Waals surface area (Å²) in [5.74, 6) is 1.43. The highest BCUT2D eigenvalue weighted by Crippen LogP contribution is 2.29. The lowest BCUT2D eigenvalue weighted by Crippen LogP contribution is -2.23. The zero-order valence-corrected chi connectivity index (χ0v) is 16.7. The van der Waals surface area contributed by atoms with Gasteiger partial charge in [0.1, 0.15) is 6.61 Å². The monoisotopic (exact) mass is 409 g/mol. The molecule has 1 atom stereocenters. The Morgan fingerprint density at radius 3 is 2.97 bits per heavy atom. The van der Waals surface area contributed by atoms with Gasteiger partial charge in [-0.2, -0.15) is 0 Å². The van der Waals surface area contributed by atoms with Crippen molar-refractivity contribution < 1.29 is 23.5 Å². The Bertz CT molecular complexity index is 983. The Morgan fingerprint density at radius 1 is 1.27 bits per heavy atom. The lowest BCUT2D eigenvalue weighted by molar-refractivity contribution is 0.0669. The molecule has 156 valence electrons. The first kappa shape index (κ1) is 19.9. The number of rotatable bonds is 8. The van der Waals surface area contributed by atoms with Crippen LogP contribution in [0, 0.1) is 0 Å². The predicted octanol–water partition coefficient (Wildman–Crippen LogP) is 3.23.